The lowest BCUT2D eigenvalue weighted by Gasteiger charge is -2.19. The number of imidazole rings is 1. The van der Waals surface area contributed by atoms with E-state index in [1.807, 2.05) is 71.4 Å². The molecule has 0 saturated heterocycles. The molecule has 0 unspecified atom stereocenters. The Morgan fingerprint density at radius 1 is 0.971 bits per heavy atom. The van der Waals surface area contributed by atoms with Crippen LogP contribution in [0.2, 0.25) is 0 Å². The van der Waals surface area contributed by atoms with Crippen LogP contribution in [0.5, 0.6) is 0 Å². The minimum absolute atomic E-state index is 0.0130. The zero-order chi connectivity index (χ0) is 24.1. The van der Waals surface area contributed by atoms with Gasteiger partial charge in [-0.25, -0.2) is 4.98 Å². The molecule has 4 aromatic rings. The highest BCUT2D eigenvalue weighted by Gasteiger charge is 2.15. The molecule has 1 aromatic heterocycles. The van der Waals surface area contributed by atoms with Crippen LogP contribution in [0.25, 0.3) is 5.69 Å². The number of benzene rings is 3. The van der Waals surface area contributed by atoms with Gasteiger partial charge in [0, 0.05) is 41.4 Å². The molecular weight excluding hydrogens is 440 g/mol. The molecule has 1 heterocycles. The first-order valence-electron chi connectivity index (χ1n) is 11.2. The second-order valence-corrected chi connectivity index (χ2v) is 9.59. The maximum atomic E-state index is 13.0. The van der Waals surface area contributed by atoms with Gasteiger partial charge in [0.2, 0.25) is 0 Å². The summed E-state index contributed by atoms with van der Waals surface area (Å²) in [5, 5.41) is 6.89. The maximum absolute atomic E-state index is 13.0. The van der Waals surface area contributed by atoms with Crippen molar-refractivity contribution in [2.24, 2.45) is 0 Å². The van der Waals surface area contributed by atoms with Crippen LogP contribution in [-0.2, 0) is 12.0 Å². The molecule has 6 heteroatoms. The Bertz CT molecular complexity index is 1270. The summed E-state index contributed by atoms with van der Waals surface area (Å²) in [5.74, 6) is -0.0130. The molecule has 0 spiro atoms. The third-order valence-electron chi connectivity index (χ3n) is 5.59. The van der Waals surface area contributed by atoms with Crippen LogP contribution < -0.4 is 10.6 Å². The SMILES string of the molecule is CC(C)(C)c1ccc(C(=O)c2cccc(NC(=S)NCc3ccc(-n4ccnc4)cc3)c2)cc1. The third-order valence-corrected chi connectivity index (χ3v) is 5.83. The van der Waals surface area contributed by atoms with Crippen molar-refractivity contribution in [1.29, 1.82) is 0 Å². The molecule has 0 bridgehead atoms. The van der Waals surface area contributed by atoms with Gasteiger partial charge in [0.1, 0.15) is 0 Å². The zero-order valence-corrected chi connectivity index (χ0v) is 20.4. The topological polar surface area (TPSA) is 59.0 Å². The molecule has 172 valence electrons. The molecule has 5 nitrogen and oxygen atoms in total. The van der Waals surface area contributed by atoms with Gasteiger partial charge in [-0.2, -0.15) is 0 Å². The van der Waals surface area contributed by atoms with E-state index >= 15 is 0 Å². The number of thiocarbonyl (C=S) groups is 1. The average Bonchev–Trinajstić information content (AvgIpc) is 3.37. The molecule has 0 aliphatic heterocycles. The molecular formula is C28H28N4OS. The molecule has 0 radical (unpaired) electrons. The fourth-order valence-corrected chi connectivity index (χ4v) is 3.77. The van der Waals surface area contributed by atoms with Crippen molar-refractivity contribution in [3.05, 3.63) is 114 Å². The average molecular weight is 469 g/mol. The monoisotopic (exact) mass is 468 g/mol. The Balaban J connectivity index is 1.35. The summed E-state index contributed by atoms with van der Waals surface area (Å²) in [6.07, 6.45) is 5.43. The summed E-state index contributed by atoms with van der Waals surface area (Å²) >= 11 is 5.46. The van der Waals surface area contributed by atoms with E-state index < -0.39 is 0 Å². The second kappa shape index (κ2) is 10.0. The Kier molecular flexibility index (Phi) is 6.89. The highest BCUT2D eigenvalue weighted by molar-refractivity contribution is 7.80. The van der Waals surface area contributed by atoms with Crippen molar-refractivity contribution in [2.45, 2.75) is 32.7 Å². The summed E-state index contributed by atoms with van der Waals surface area (Å²) < 4.78 is 1.95. The van der Waals surface area contributed by atoms with E-state index in [0.29, 0.717) is 22.8 Å². The van der Waals surface area contributed by atoms with Gasteiger partial charge in [-0.15, -0.1) is 0 Å². The van der Waals surface area contributed by atoms with Crippen LogP contribution in [0.3, 0.4) is 0 Å². The number of nitrogens with one attached hydrogen (secondary N) is 2. The van der Waals surface area contributed by atoms with Gasteiger partial charge < -0.3 is 15.2 Å². The predicted octanol–water partition coefficient (Wildman–Crippen LogP) is 5.89. The summed E-state index contributed by atoms with van der Waals surface area (Å²) in [6.45, 7) is 7.07. The standard InChI is InChI=1S/C28H28N4OS/c1-28(2,3)23-11-9-21(10-12-23)26(33)22-5-4-6-24(17-22)31-27(34)30-18-20-7-13-25(14-8-20)32-16-15-29-19-32/h4-17,19H,18H2,1-3H3,(H2,30,31,34). The number of nitrogens with zero attached hydrogens (tertiary/aromatic N) is 2. The Morgan fingerprint density at radius 2 is 1.71 bits per heavy atom. The summed E-state index contributed by atoms with van der Waals surface area (Å²) in [5.41, 5.74) is 5.47. The van der Waals surface area contributed by atoms with Crippen molar-refractivity contribution in [1.82, 2.24) is 14.9 Å². The van der Waals surface area contributed by atoms with Crippen molar-refractivity contribution in [3.8, 4) is 5.69 Å². The van der Waals surface area contributed by atoms with Crippen LogP contribution in [0.1, 0.15) is 47.8 Å². The lowest BCUT2D eigenvalue weighted by molar-refractivity contribution is 0.103. The van der Waals surface area contributed by atoms with E-state index in [-0.39, 0.29) is 11.2 Å². The van der Waals surface area contributed by atoms with Crippen molar-refractivity contribution in [2.75, 3.05) is 5.32 Å². The molecule has 0 atom stereocenters. The quantitative estimate of drug-likeness (QED) is 0.273. The lowest BCUT2D eigenvalue weighted by atomic mass is 9.86. The predicted molar refractivity (Wildman–Crippen MR) is 142 cm³/mol. The van der Waals surface area contributed by atoms with E-state index in [0.717, 1.165) is 16.9 Å². The van der Waals surface area contributed by atoms with Crippen molar-refractivity contribution >= 4 is 28.8 Å². The number of hydrogen-bond donors (Lipinski definition) is 2. The van der Waals surface area contributed by atoms with Crippen LogP contribution in [0.15, 0.2) is 91.5 Å². The fourth-order valence-electron chi connectivity index (χ4n) is 3.58. The number of carbonyl (C=O) groups is 1. The molecule has 0 saturated carbocycles. The van der Waals surface area contributed by atoms with E-state index in [4.69, 9.17) is 12.2 Å². The zero-order valence-electron chi connectivity index (χ0n) is 19.6. The number of carbonyl (C=O) groups excluding carboxylic acids is 1. The van der Waals surface area contributed by atoms with Gasteiger partial charge in [-0.1, -0.05) is 69.3 Å². The summed E-state index contributed by atoms with van der Waals surface area (Å²) in [6, 6.07) is 23.4. The van der Waals surface area contributed by atoms with Gasteiger partial charge in [0.15, 0.2) is 10.9 Å². The number of ketones is 1. The Morgan fingerprint density at radius 3 is 2.35 bits per heavy atom. The number of aromatic nitrogens is 2. The van der Waals surface area contributed by atoms with E-state index in [1.165, 1.54) is 5.56 Å². The normalized spacial score (nSPS) is 11.1. The largest absolute Gasteiger partial charge is 0.358 e. The molecule has 0 amide bonds. The van der Waals surface area contributed by atoms with E-state index in [2.05, 4.69) is 48.5 Å². The minimum atomic E-state index is -0.0130. The first-order chi connectivity index (χ1) is 16.3. The third kappa shape index (κ3) is 5.77. The second-order valence-electron chi connectivity index (χ2n) is 9.18. The lowest BCUT2D eigenvalue weighted by Crippen LogP contribution is -2.27. The Hall–Kier alpha value is -3.77. The minimum Gasteiger partial charge on any atom is -0.358 e. The first-order valence-corrected chi connectivity index (χ1v) is 11.6. The molecule has 3 aromatic carbocycles. The van der Waals surface area contributed by atoms with E-state index in [9.17, 15) is 4.79 Å². The maximum Gasteiger partial charge on any atom is 0.193 e. The highest BCUT2D eigenvalue weighted by Crippen LogP contribution is 2.23. The molecule has 2 N–H and O–H groups in total. The number of anilines is 1. The van der Waals surface area contributed by atoms with Crippen molar-refractivity contribution < 1.29 is 4.79 Å². The highest BCUT2D eigenvalue weighted by atomic mass is 32.1. The summed E-state index contributed by atoms with van der Waals surface area (Å²) in [7, 11) is 0. The molecule has 0 aliphatic rings. The number of rotatable bonds is 6. The van der Waals surface area contributed by atoms with Crippen LogP contribution in [0.4, 0.5) is 5.69 Å². The smallest absolute Gasteiger partial charge is 0.193 e. The van der Waals surface area contributed by atoms with Crippen LogP contribution in [-0.4, -0.2) is 20.4 Å². The van der Waals surface area contributed by atoms with Gasteiger partial charge in [-0.3, -0.25) is 4.79 Å². The number of hydrogen-bond acceptors (Lipinski definition) is 3. The summed E-state index contributed by atoms with van der Waals surface area (Å²) in [4.78, 5) is 17.1. The Labute approximate surface area is 205 Å². The van der Waals surface area contributed by atoms with Crippen LogP contribution >= 0.6 is 12.2 Å². The van der Waals surface area contributed by atoms with Crippen LogP contribution in [0, 0.1) is 0 Å². The molecule has 0 fully saturated rings. The molecule has 4 rings (SSSR count). The van der Waals surface area contributed by atoms with Gasteiger partial charge in [0.25, 0.3) is 0 Å². The molecule has 0 aliphatic carbocycles. The van der Waals surface area contributed by atoms with Gasteiger partial charge in [-0.05, 0) is 53.0 Å². The first kappa shape index (κ1) is 23.4. The fraction of sp³-hybridized carbons (Fsp3) is 0.179. The van der Waals surface area contributed by atoms with Gasteiger partial charge in [0.05, 0.1) is 6.33 Å². The molecule has 34 heavy (non-hydrogen) atoms. The van der Waals surface area contributed by atoms with Gasteiger partial charge >= 0.3 is 0 Å². The van der Waals surface area contributed by atoms with Crippen molar-refractivity contribution in [3.63, 3.8) is 0 Å². The van der Waals surface area contributed by atoms with E-state index in [1.54, 1.807) is 12.5 Å².